The van der Waals surface area contributed by atoms with Crippen molar-refractivity contribution < 1.29 is 45.8 Å². The van der Waals surface area contributed by atoms with Crippen LogP contribution >= 0.6 is 0 Å². The van der Waals surface area contributed by atoms with Crippen molar-refractivity contribution in [3.8, 4) is 0 Å². The van der Waals surface area contributed by atoms with Gasteiger partial charge in [-0.15, -0.1) is 0 Å². The number of carbonyl (C=O) groups is 2. The zero-order valence-corrected chi connectivity index (χ0v) is 14.1. The number of hydrogen-bond donors (Lipinski definition) is 0. The largest absolute Gasteiger partial charge is 0.468 e. The molecule has 0 rings (SSSR count). The molecule has 24 heavy (non-hydrogen) atoms. The fraction of sp³-hybridized carbons (Fsp3) is 0.857. The zero-order valence-electron chi connectivity index (χ0n) is 14.1. The SMILES string of the molecule is CCC(C)(C)C(=O)OC(F)(OCCC(F)(F)C(C)(F)F)C(=O)OC. The quantitative estimate of drug-likeness (QED) is 0.356. The molecule has 0 amide bonds. The first-order chi connectivity index (χ1) is 10.6. The predicted octanol–water partition coefficient (Wildman–Crippen LogP) is 3.46. The third-order valence-electron chi connectivity index (χ3n) is 3.44. The van der Waals surface area contributed by atoms with Gasteiger partial charge in [-0.3, -0.25) is 4.79 Å². The normalized spacial score (nSPS) is 15.6. The van der Waals surface area contributed by atoms with E-state index in [4.69, 9.17) is 0 Å². The molecule has 0 aliphatic carbocycles. The molecule has 0 saturated heterocycles. The van der Waals surface area contributed by atoms with Crippen molar-refractivity contribution >= 4 is 11.9 Å². The maximum atomic E-state index is 14.4. The molecule has 0 heterocycles. The highest BCUT2D eigenvalue weighted by Crippen LogP contribution is 2.37. The Kier molecular flexibility index (Phi) is 7.16. The number of esters is 2. The van der Waals surface area contributed by atoms with Crippen molar-refractivity contribution in [1.82, 2.24) is 0 Å². The van der Waals surface area contributed by atoms with Gasteiger partial charge in [0.25, 0.3) is 0 Å². The van der Waals surface area contributed by atoms with Gasteiger partial charge in [-0.1, -0.05) is 6.92 Å². The Morgan fingerprint density at radius 3 is 1.83 bits per heavy atom. The maximum Gasteiger partial charge on any atom is 0.468 e. The van der Waals surface area contributed by atoms with E-state index in [9.17, 15) is 31.5 Å². The van der Waals surface area contributed by atoms with Crippen molar-refractivity contribution in [3.05, 3.63) is 0 Å². The van der Waals surface area contributed by atoms with E-state index < -0.39 is 48.3 Å². The van der Waals surface area contributed by atoms with Crippen LogP contribution in [0.4, 0.5) is 22.0 Å². The molecule has 0 fully saturated rings. The van der Waals surface area contributed by atoms with Gasteiger partial charge in [0, 0.05) is 13.3 Å². The van der Waals surface area contributed by atoms with Gasteiger partial charge >= 0.3 is 29.8 Å². The van der Waals surface area contributed by atoms with Gasteiger partial charge in [0.15, 0.2) is 0 Å². The van der Waals surface area contributed by atoms with E-state index >= 15 is 0 Å². The Hall–Kier alpha value is -1.45. The van der Waals surface area contributed by atoms with Crippen LogP contribution in [0, 0.1) is 5.41 Å². The van der Waals surface area contributed by atoms with Crippen LogP contribution in [0.25, 0.3) is 0 Å². The Balaban J connectivity index is 5.09. The Labute approximate surface area is 136 Å². The molecule has 0 radical (unpaired) electrons. The first kappa shape index (κ1) is 22.6. The van der Waals surface area contributed by atoms with Crippen molar-refractivity contribution in [2.24, 2.45) is 5.41 Å². The number of alkyl halides is 5. The summed E-state index contributed by atoms with van der Waals surface area (Å²) in [6.45, 7) is 3.03. The summed E-state index contributed by atoms with van der Waals surface area (Å²) in [4.78, 5) is 23.2. The second-order valence-electron chi connectivity index (χ2n) is 5.85. The molecule has 0 aliphatic rings. The van der Waals surface area contributed by atoms with Crippen LogP contribution < -0.4 is 0 Å². The first-order valence-electron chi connectivity index (χ1n) is 7.03. The molecule has 142 valence electrons. The Bertz CT molecular complexity index is 461. The molecule has 0 aromatic carbocycles. The van der Waals surface area contributed by atoms with Gasteiger partial charge in [0.05, 0.1) is 19.1 Å². The van der Waals surface area contributed by atoms with E-state index in [0.29, 0.717) is 0 Å². The van der Waals surface area contributed by atoms with Crippen molar-refractivity contribution in [2.45, 2.75) is 58.4 Å². The van der Waals surface area contributed by atoms with Crippen LogP contribution in [-0.4, -0.2) is 43.5 Å². The van der Waals surface area contributed by atoms with Gasteiger partial charge < -0.3 is 14.2 Å². The number of rotatable bonds is 9. The molecule has 0 aromatic rings. The van der Waals surface area contributed by atoms with Crippen LogP contribution in [0.2, 0.25) is 0 Å². The molecule has 0 saturated carbocycles. The molecule has 0 bridgehead atoms. The molecular weight excluding hydrogens is 343 g/mol. The summed E-state index contributed by atoms with van der Waals surface area (Å²) in [5, 5.41) is 0. The van der Waals surface area contributed by atoms with Gasteiger partial charge in [-0.05, 0) is 20.3 Å². The molecule has 0 aromatic heterocycles. The van der Waals surface area contributed by atoms with Crippen molar-refractivity contribution in [2.75, 3.05) is 13.7 Å². The summed E-state index contributed by atoms with van der Waals surface area (Å²) in [5.41, 5.74) is -1.20. The highest BCUT2D eigenvalue weighted by atomic mass is 19.3. The first-order valence-corrected chi connectivity index (χ1v) is 7.03. The van der Waals surface area contributed by atoms with Crippen LogP contribution in [0.15, 0.2) is 0 Å². The summed E-state index contributed by atoms with van der Waals surface area (Å²) in [6.07, 6.45) is -1.39. The van der Waals surface area contributed by atoms with E-state index in [-0.39, 0.29) is 13.3 Å². The molecule has 1 unspecified atom stereocenters. The number of ether oxygens (including phenoxy) is 3. The standard InChI is InChI=1S/C14H21F5O5/c1-6-11(2,3)9(20)24-14(19,10(21)22-5)23-8-7-13(17,18)12(4,15)16/h6-8H2,1-5H3. The van der Waals surface area contributed by atoms with Crippen LogP contribution in [0.1, 0.15) is 40.5 Å². The Morgan fingerprint density at radius 1 is 0.958 bits per heavy atom. The maximum absolute atomic E-state index is 14.4. The van der Waals surface area contributed by atoms with Crippen molar-refractivity contribution in [1.29, 1.82) is 0 Å². The number of methoxy groups -OCH3 is 1. The second-order valence-corrected chi connectivity index (χ2v) is 5.85. The lowest BCUT2D eigenvalue weighted by atomic mass is 9.91. The third kappa shape index (κ3) is 5.57. The molecule has 5 nitrogen and oxygen atoms in total. The molecule has 0 N–H and O–H groups in total. The summed E-state index contributed by atoms with van der Waals surface area (Å²) >= 11 is 0. The minimum absolute atomic E-state index is 0.0141. The average Bonchev–Trinajstić information content (AvgIpc) is 2.44. The van der Waals surface area contributed by atoms with E-state index in [1.807, 2.05) is 0 Å². The van der Waals surface area contributed by atoms with Gasteiger partial charge in [-0.2, -0.15) is 13.2 Å². The summed E-state index contributed by atoms with van der Waals surface area (Å²) in [5.74, 6) is -11.9. The fourth-order valence-corrected chi connectivity index (χ4v) is 1.18. The topological polar surface area (TPSA) is 61.8 Å². The van der Waals surface area contributed by atoms with Crippen molar-refractivity contribution in [3.63, 3.8) is 0 Å². The molecule has 10 heteroatoms. The Morgan fingerprint density at radius 2 is 1.46 bits per heavy atom. The number of carbonyl (C=O) groups excluding carboxylic acids is 2. The van der Waals surface area contributed by atoms with Gasteiger partial charge in [-0.25, -0.2) is 13.6 Å². The van der Waals surface area contributed by atoms with Crippen LogP contribution in [0.3, 0.4) is 0 Å². The van der Waals surface area contributed by atoms with E-state index in [2.05, 4.69) is 14.2 Å². The zero-order chi connectivity index (χ0) is 19.4. The monoisotopic (exact) mass is 364 g/mol. The summed E-state index contributed by atoms with van der Waals surface area (Å²) in [7, 11) is 0.744. The molecular formula is C14H21F5O5. The second kappa shape index (κ2) is 7.62. The third-order valence-corrected chi connectivity index (χ3v) is 3.44. The van der Waals surface area contributed by atoms with Gasteiger partial charge in [0.1, 0.15) is 0 Å². The van der Waals surface area contributed by atoms with Crippen LogP contribution in [-0.2, 0) is 23.8 Å². The summed E-state index contributed by atoms with van der Waals surface area (Å²) < 4.78 is 78.6. The lowest BCUT2D eigenvalue weighted by molar-refractivity contribution is -0.304. The predicted molar refractivity (Wildman–Crippen MR) is 72.2 cm³/mol. The number of hydrogen-bond acceptors (Lipinski definition) is 5. The molecule has 0 spiro atoms. The molecule has 1 atom stereocenters. The highest BCUT2D eigenvalue weighted by Gasteiger charge is 2.54. The van der Waals surface area contributed by atoms with E-state index in [1.165, 1.54) is 13.8 Å². The van der Waals surface area contributed by atoms with E-state index in [1.54, 1.807) is 6.92 Å². The van der Waals surface area contributed by atoms with E-state index in [0.717, 1.165) is 7.11 Å². The lowest BCUT2D eigenvalue weighted by Gasteiger charge is -2.28. The summed E-state index contributed by atoms with van der Waals surface area (Å²) in [6, 6.07) is -3.81. The number of halogens is 5. The molecule has 0 aliphatic heterocycles. The minimum Gasteiger partial charge on any atom is -0.462 e. The van der Waals surface area contributed by atoms with Gasteiger partial charge in [0.2, 0.25) is 0 Å². The average molecular weight is 364 g/mol. The fourth-order valence-electron chi connectivity index (χ4n) is 1.18. The minimum atomic E-state index is -4.50. The van der Waals surface area contributed by atoms with Crippen LogP contribution in [0.5, 0.6) is 0 Å². The highest BCUT2D eigenvalue weighted by molar-refractivity contribution is 5.82. The lowest BCUT2D eigenvalue weighted by Crippen LogP contribution is -2.47. The smallest absolute Gasteiger partial charge is 0.462 e.